The van der Waals surface area contributed by atoms with Crippen molar-refractivity contribution in [2.24, 2.45) is 10.8 Å². The van der Waals surface area contributed by atoms with Gasteiger partial charge in [-0.15, -0.1) is 13.2 Å². The highest BCUT2D eigenvalue weighted by atomic mass is 16.6. The molecule has 200 valence electrons. The van der Waals surface area contributed by atoms with Crippen molar-refractivity contribution in [2.45, 2.75) is 50.1 Å². The Bertz CT molecular complexity index is 1190. The van der Waals surface area contributed by atoms with Gasteiger partial charge in [0.25, 0.3) is 0 Å². The largest absolute Gasteiger partial charge is 0.376 e. The van der Waals surface area contributed by atoms with Gasteiger partial charge in [-0.3, -0.25) is 0 Å². The van der Waals surface area contributed by atoms with E-state index in [0.29, 0.717) is 13.2 Å². The van der Waals surface area contributed by atoms with Crippen molar-refractivity contribution < 1.29 is 14.2 Å². The molecule has 2 fully saturated rings. The Kier molecular flexibility index (Phi) is 7.40. The fraction of sp³-hybridized carbons (Fsp3) is 0.333. The highest BCUT2D eigenvalue weighted by Gasteiger charge is 2.58. The SMILES string of the molecule is C=CCC1(C2OC2COCC2OC2C2(CC=C)CC=CC=C2c2ccccc2)CC=CC=C1c1ccccc1. The molecule has 6 rings (SSSR count). The average molecular weight is 519 g/mol. The summed E-state index contributed by atoms with van der Waals surface area (Å²) in [5.41, 5.74) is 4.96. The molecule has 0 spiro atoms. The van der Waals surface area contributed by atoms with Gasteiger partial charge >= 0.3 is 0 Å². The monoisotopic (exact) mass is 518 g/mol. The second-order valence-electron chi connectivity index (χ2n) is 11.2. The Balaban J connectivity index is 1.10. The first kappa shape index (κ1) is 26.0. The van der Waals surface area contributed by atoms with Crippen molar-refractivity contribution in [2.75, 3.05) is 13.2 Å². The van der Waals surface area contributed by atoms with Crippen LogP contribution in [0.4, 0.5) is 0 Å². The van der Waals surface area contributed by atoms with Crippen molar-refractivity contribution in [1.82, 2.24) is 0 Å². The van der Waals surface area contributed by atoms with Gasteiger partial charge in [-0.2, -0.15) is 0 Å². The molecule has 39 heavy (non-hydrogen) atoms. The van der Waals surface area contributed by atoms with Gasteiger partial charge in [-0.25, -0.2) is 0 Å². The molecule has 2 aliphatic heterocycles. The van der Waals surface area contributed by atoms with Crippen LogP contribution in [0.25, 0.3) is 11.1 Å². The topological polar surface area (TPSA) is 34.3 Å². The number of rotatable bonds is 12. The quantitative estimate of drug-likeness (QED) is 0.213. The molecule has 0 bridgehead atoms. The Labute approximate surface area is 232 Å². The summed E-state index contributed by atoms with van der Waals surface area (Å²) < 4.78 is 18.9. The van der Waals surface area contributed by atoms with E-state index in [-0.39, 0.29) is 35.2 Å². The Morgan fingerprint density at radius 2 is 1.13 bits per heavy atom. The zero-order valence-electron chi connectivity index (χ0n) is 22.6. The van der Waals surface area contributed by atoms with Gasteiger partial charge in [0, 0.05) is 10.8 Å². The van der Waals surface area contributed by atoms with E-state index in [0.717, 1.165) is 25.7 Å². The van der Waals surface area contributed by atoms with Crippen molar-refractivity contribution in [3.8, 4) is 0 Å². The summed E-state index contributed by atoms with van der Waals surface area (Å²) in [5.74, 6) is 0. The number of allylic oxidation sites excluding steroid dienone is 8. The van der Waals surface area contributed by atoms with Crippen LogP contribution in [0.3, 0.4) is 0 Å². The van der Waals surface area contributed by atoms with E-state index in [1.807, 2.05) is 12.2 Å². The van der Waals surface area contributed by atoms with E-state index in [1.165, 1.54) is 22.3 Å². The minimum Gasteiger partial charge on any atom is -0.376 e. The standard InChI is InChI=1S/C36H38O3/c1-3-21-35(23-13-11-19-29(35)27-15-7-5-8-16-27)33-31(38-33)25-37-26-32-34(39-32)36(22-4-2)24-14-12-20-30(36)28-17-9-6-10-18-28/h3-20,31-34H,1-2,21-26H2. The van der Waals surface area contributed by atoms with Gasteiger partial charge in [0.1, 0.15) is 12.2 Å². The van der Waals surface area contributed by atoms with Crippen LogP contribution in [-0.4, -0.2) is 37.6 Å². The van der Waals surface area contributed by atoms with Crippen molar-refractivity contribution in [1.29, 1.82) is 0 Å². The van der Waals surface area contributed by atoms with Gasteiger partial charge in [0.2, 0.25) is 0 Å². The lowest BCUT2D eigenvalue weighted by molar-refractivity contribution is 0.101. The molecule has 6 unspecified atom stereocenters. The van der Waals surface area contributed by atoms with Gasteiger partial charge < -0.3 is 14.2 Å². The lowest BCUT2D eigenvalue weighted by Gasteiger charge is -2.36. The molecule has 2 aliphatic carbocycles. The lowest BCUT2D eigenvalue weighted by atomic mass is 9.67. The molecule has 2 aromatic carbocycles. The fourth-order valence-electron chi connectivity index (χ4n) is 6.92. The highest BCUT2D eigenvalue weighted by Crippen LogP contribution is 2.56. The first-order valence-corrected chi connectivity index (χ1v) is 14.2. The molecule has 6 atom stereocenters. The third-order valence-corrected chi connectivity index (χ3v) is 8.84. The lowest BCUT2D eigenvalue weighted by Crippen LogP contribution is -2.32. The molecule has 3 nitrogen and oxygen atoms in total. The second kappa shape index (κ2) is 11.1. The Morgan fingerprint density at radius 1 is 0.692 bits per heavy atom. The van der Waals surface area contributed by atoms with Gasteiger partial charge in [-0.1, -0.05) is 109 Å². The van der Waals surface area contributed by atoms with Crippen LogP contribution in [0.5, 0.6) is 0 Å². The minimum absolute atomic E-state index is 0.0836. The predicted octanol–water partition coefficient (Wildman–Crippen LogP) is 7.75. The number of hydrogen-bond donors (Lipinski definition) is 0. The van der Waals surface area contributed by atoms with Crippen molar-refractivity contribution in [3.63, 3.8) is 0 Å². The van der Waals surface area contributed by atoms with E-state index in [2.05, 4.69) is 110 Å². The highest BCUT2D eigenvalue weighted by molar-refractivity contribution is 5.75. The van der Waals surface area contributed by atoms with E-state index < -0.39 is 0 Å². The summed E-state index contributed by atoms with van der Waals surface area (Å²) in [6.07, 6.45) is 21.5. The molecule has 0 radical (unpaired) electrons. The van der Waals surface area contributed by atoms with Crippen LogP contribution in [0, 0.1) is 10.8 Å². The molecule has 0 saturated carbocycles. The maximum atomic E-state index is 6.32. The first-order chi connectivity index (χ1) is 19.2. The van der Waals surface area contributed by atoms with E-state index in [1.54, 1.807) is 0 Å². The van der Waals surface area contributed by atoms with Gasteiger partial charge in [0.15, 0.2) is 0 Å². The average Bonchev–Trinajstić information content (AvgIpc) is 3.91. The van der Waals surface area contributed by atoms with Crippen LogP contribution < -0.4 is 0 Å². The Hall–Kier alpha value is -3.24. The fourth-order valence-corrected chi connectivity index (χ4v) is 6.92. The maximum Gasteiger partial charge on any atom is 0.108 e. The molecule has 2 saturated heterocycles. The zero-order valence-corrected chi connectivity index (χ0v) is 22.6. The molecular weight excluding hydrogens is 480 g/mol. The van der Waals surface area contributed by atoms with Crippen LogP contribution in [0.1, 0.15) is 36.8 Å². The predicted molar refractivity (Wildman–Crippen MR) is 159 cm³/mol. The van der Waals surface area contributed by atoms with Crippen molar-refractivity contribution in [3.05, 3.63) is 134 Å². The third-order valence-electron chi connectivity index (χ3n) is 8.84. The van der Waals surface area contributed by atoms with Gasteiger partial charge in [0.05, 0.1) is 25.4 Å². The van der Waals surface area contributed by atoms with Crippen LogP contribution in [0.15, 0.2) is 122 Å². The van der Waals surface area contributed by atoms with Crippen LogP contribution >= 0.6 is 0 Å². The van der Waals surface area contributed by atoms with Crippen molar-refractivity contribution >= 4 is 11.1 Å². The normalized spacial score (nSPS) is 32.7. The van der Waals surface area contributed by atoms with E-state index in [9.17, 15) is 0 Å². The van der Waals surface area contributed by atoms with Crippen LogP contribution in [0.2, 0.25) is 0 Å². The maximum absolute atomic E-state index is 6.32. The molecule has 2 aromatic rings. The van der Waals surface area contributed by atoms with E-state index >= 15 is 0 Å². The third kappa shape index (κ3) is 4.96. The molecule has 0 N–H and O–H groups in total. The van der Waals surface area contributed by atoms with Gasteiger partial charge in [-0.05, 0) is 48.0 Å². The summed E-state index contributed by atoms with van der Waals surface area (Å²) in [6.45, 7) is 9.34. The summed E-state index contributed by atoms with van der Waals surface area (Å²) >= 11 is 0. The zero-order chi connectivity index (χ0) is 26.7. The Morgan fingerprint density at radius 3 is 1.54 bits per heavy atom. The van der Waals surface area contributed by atoms with E-state index in [4.69, 9.17) is 14.2 Å². The number of ether oxygens (including phenoxy) is 3. The number of hydrogen-bond acceptors (Lipinski definition) is 3. The summed E-state index contributed by atoms with van der Waals surface area (Å²) in [7, 11) is 0. The molecule has 0 aromatic heterocycles. The second-order valence-corrected chi connectivity index (χ2v) is 11.2. The molecule has 4 aliphatic rings. The number of epoxide rings is 2. The summed E-state index contributed by atoms with van der Waals surface area (Å²) in [4.78, 5) is 0. The molecule has 0 amide bonds. The summed E-state index contributed by atoms with van der Waals surface area (Å²) in [6, 6.07) is 21.3. The smallest absolute Gasteiger partial charge is 0.108 e. The molecule has 2 heterocycles. The number of benzene rings is 2. The van der Waals surface area contributed by atoms with Crippen LogP contribution in [-0.2, 0) is 14.2 Å². The first-order valence-electron chi connectivity index (χ1n) is 14.2. The molecular formula is C36H38O3. The summed E-state index contributed by atoms with van der Waals surface area (Å²) in [5, 5.41) is 0. The molecule has 3 heteroatoms. The minimum atomic E-state index is -0.109.